The van der Waals surface area contributed by atoms with Gasteiger partial charge in [-0.1, -0.05) is 23.7 Å². The largest absolute Gasteiger partial charge is 0.481 e. The molecule has 2 atom stereocenters. The van der Waals surface area contributed by atoms with Crippen LogP contribution in [0.15, 0.2) is 24.3 Å². The number of hydrogen-bond donors (Lipinski definition) is 1. The molecule has 1 aliphatic heterocycles. The fourth-order valence-corrected chi connectivity index (χ4v) is 2.68. The lowest BCUT2D eigenvalue weighted by Crippen LogP contribution is -2.47. The average Bonchev–Trinajstić information content (AvgIpc) is 2.41. The van der Waals surface area contributed by atoms with Crippen LogP contribution in [0.3, 0.4) is 0 Å². The lowest BCUT2D eigenvalue weighted by atomic mass is 10.0. The van der Waals surface area contributed by atoms with E-state index in [4.69, 9.17) is 21.4 Å². The van der Waals surface area contributed by atoms with Crippen LogP contribution >= 0.6 is 11.6 Å². The van der Waals surface area contributed by atoms with Crippen molar-refractivity contribution in [3.63, 3.8) is 0 Å². The van der Waals surface area contributed by atoms with Gasteiger partial charge >= 0.3 is 5.97 Å². The molecule has 1 saturated heterocycles. The van der Waals surface area contributed by atoms with E-state index in [2.05, 4.69) is 11.8 Å². The van der Waals surface area contributed by atoms with Crippen LogP contribution in [-0.4, -0.2) is 47.8 Å². The minimum Gasteiger partial charge on any atom is -0.481 e. The van der Waals surface area contributed by atoms with Gasteiger partial charge in [-0.3, -0.25) is 9.69 Å². The Kier molecular flexibility index (Phi) is 5.40. The summed E-state index contributed by atoms with van der Waals surface area (Å²) in [7, 11) is 0. The summed E-state index contributed by atoms with van der Waals surface area (Å²) >= 11 is 5.88. The molecule has 0 saturated carbocycles. The first-order valence-electron chi connectivity index (χ1n) is 6.86. The predicted octanol–water partition coefficient (Wildman–Crippen LogP) is 2.45. The summed E-state index contributed by atoms with van der Waals surface area (Å²) in [5.41, 5.74) is 1.24. The van der Waals surface area contributed by atoms with Gasteiger partial charge in [0.2, 0.25) is 0 Å². The van der Waals surface area contributed by atoms with Crippen LogP contribution in [0.4, 0.5) is 0 Å². The van der Waals surface area contributed by atoms with E-state index >= 15 is 0 Å². The summed E-state index contributed by atoms with van der Waals surface area (Å²) in [4.78, 5) is 13.1. The summed E-state index contributed by atoms with van der Waals surface area (Å²) in [5.74, 6) is -0.804. The normalized spacial score (nSPS) is 21.6. The molecule has 4 nitrogen and oxygen atoms in total. The Labute approximate surface area is 124 Å². The molecule has 0 spiro atoms. The molecule has 0 aromatic heterocycles. The topological polar surface area (TPSA) is 49.8 Å². The van der Waals surface area contributed by atoms with Gasteiger partial charge in [-0.05, 0) is 31.0 Å². The summed E-state index contributed by atoms with van der Waals surface area (Å²) in [6.07, 6.45) is 0.801. The molecule has 1 aromatic rings. The number of carboxylic acid groups (broad SMARTS) is 1. The van der Waals surface area contributed by atoms with Gasteiger partial charge in [-0.2, -0.15) is 0 Å². The molecule has 1 heterocycles. The monoisotopic (exact) mass is 297 g/mol. The summed E-state index contributed by atoms with van der Waals surface area (Å²) in [6.45, 7) is 4.30. The van der Waals surface area contributed by atoms with Gasteiger partial charge in [0.05, 0.1) is 19.1 Å². The summed E-state index contributed by atoms with van der Waals surface area (Å²) < 4.78 is 5.50. The van der Waals surface area contributed by atoms with Gasteiger partial charge in [0, 0.05) is 24.2 Å². The average molecular weight is 298 g/mol. The molecule has 0 aliphatic carbocycles. The molecule has 1 fully saturated rings. The third-order valence-electron chi connectivity index (χ3n) is 3.64. The Balaban J connectivity index is 1.89. The molecule has 20 heavy (non-hydrogen) atoms. The number of carbonyl (C=O) groups is 1. The molecule has 0 radical (unpaired) electrons. The van der Waals surface area contributed by atoms with E-state index in [1.54, 1.807) is 0 Å². The zero-order valence-corrected chi connectivity index (χ0v) is 12.3. The zero-order valence-electron chi connectivity index (χ0n) is 11.6. The van der Waals surface area contributed by atoms with Gasteiger partial charge in [0.25, 0.3) is 0 Å². The number of nitrogens with zero attached hydrogens (tertiary/aromatic N) is 1. The van der Waals surface area contributed by atoms with Crippen molar-refractivity contribution < 1.29 is 14.6 Å². The maximum atomic E-state index is 10.8. The fourth-order valence-electron chi connectivity index (χ4n) is 2.55. The second kappa shape index (κ2) is 7.07. The smallest absolute Gasteiger partial charge is 0.306 e. The van der Waals surface area contributed by atoms with Crippen LogP contribution in [0.1, 0.15) is 18.9 Å². The standard InChI is InChI=1S/C15H20ClNO3/c1-11(8-12-2-4-13(16)5-3-12)17-6-7-20-14(10-17)9-15(18)19/h2-5,11,14H,6-10H2,1H3,(H,18,19). The van der Waals surface area contributed by atoms with Crippen LogP contribution in [-0.2, 0) is 16.0 Å². The van der Waals surface area contributed by atoms with Crippen LogP contribution in [0.2, 0.25) is 5.02 Å². The van der Waals surface area contributed by atoms with E-state index in [1.807, 2.05) is 24.3 Å². The Hall–Kier alpha value is -1.10. The van der Waals surface area contributed by atoms with Gasteiger partial charge in [-0.15, -0.1) is 0 Å². The molecule has 1 aliphatic rings. The number of morpholine rings is 1. The van der Waals surface area contributed by atoms with Crippen molar-refractivity contribution in [3.05, 3.63) is 34.9 Å². The van der Waals surface area contributed by atoms with E-state index in [0.29, 0.717) is 19.2 Å². The third kappa shape index (κ3) is 4.47. The lowest BCUT2D eigenvalue weighted by molar-refractivity contribution is -0.142. The second-order valence-corrected chi connectivity index (χ2v) is 5.70. The number of ether oxygens (including phenoxy) is 1. The quantitative estimate of drug-likeness (QED) is 0.907. The first-order valence-corrected chi connectivity index (χ1v) is 7.24. The summed E-state index contributed by atoms with van der Waals surface area (Å²) in [5, 5.41) is 9.59. The minimum absolute atomic E-state index is 0.0736. The highest BCUT2D eigenvalue weighted by Gasteiger charge is 2.25. The van der Waals surface area contributed by atoms with E-state index in [0.717, 1.165) is 18.0 Å². The zero-order chi connectivity index (χ0) is 14.5. The molecular weight excluding hydrogens is 278 g/mol. The maximum Gasteiger partial charge on any atom is 0.306 e. The van der Waals surface area contributed by atoms with Crippen molar-refractivity contribution in [3.8, 4) is 0 Å². The Morgan fingerprint density at radius 3 is 2.85 bits per heavy atom. The highest BCUT2D eigenvalue weighted by molar-refractivity contribution is 6.30. The maximum absolute atomic E-state index is 10.8. The third-order valence-corrected chi connectivity index (χ3v) is 3.89. The highest BCUT2D eigenvalue weighted by Crippen LogP contribution is 2.16. The summed E-state index contributed by atoms with van der Waals surface area (Å²) in [6, 6.07) is 8.23. The van der Waals surface area contributed by atoms with Crippen molar-refractivity contribution in [2.24, 2.45) is 0 Å². The number of halogens is 1. The van der Waals surface area contributed by atoms with Crippen LogP contribution in [0.25, 0.3) is 0 Å². The molecule has 5 heteroatoms. The fraction of sp³-hybridized carbons (Fsp3) is 0.533. The van der Waals surface area contributed by atoms with Crippen LogP contribution < -0.4 is 0 Å². The molecule has 0 bridgehead atoms. The number of aliphatic carboxylic acids is 1. The number of rotatable bonds is 5. The molecular formula is C15H20ClNO3. The number of carboxylic acids is 1. The molecule has 1 N–H and O–H groups in total. The first-order chi connectivity index (χ1) is 9.54. The van der Waals surface area contributed by atoms with Gasteiger partial charge < -0.3 is 9.84 Å². The molecule has 110 valence electrons. The molecule has 2 unspecified atom stereocenters. The van der Waals surface area contributed by atoms with Crippen molar-refractivity contribution in [2.45, 2.75) is 31.9 Å². The predicted molar refractivity (Wildman–Crippen MR) is 78.2 cm³/mol. The number of hydrogen-bond acceptors (Lipinski definition) is 3. The van der Waals surface area contributed by atoms with E-state index in [9.17, 15) is 4.79 Å². The Morgan fingerprint density at radius 2 is 2.20 bits per heavy atom. The van der Waals surface area contributed by atoms with Crippen LogP contribution in [0.5, 0.6) is 0 Å². The van der Waals surface area contributed by atoms with Crippen molar-refractivity contribution in [1.82, 2.24) is 4.90 Å². The first kappa shape index (κ1) is 15.3. The van der Waals surface area contributed by atoms with E-state index < -0.39 is 5.97 Å². The van der Waals surface area contributed by atoms with Crippen LogP contribution in [0, 0.1) is 0 Å². The Morgan fingerprint density at radius 1 is 1.50 bits per heavy atom. The lowest BCUT2D eigenvalue weighted by Gasteiger charge is -2.36. The van der Waals surface area contributed by atoms with Gasteiger partial charge in [0.15, 0.2) is 0 Å². The molecule has 0 amide bonds. The Bertz CT molecular complexity index is 449. The molecule has 2 rings (SSSR count). The van der Waals surface area contributed by atoms with Crippen molar-refractivity contribution in [1.29, 1.82) is 0 Å². The SMILES string of the molecule is CC(Cc1ccc(Cl)cc1)N1CCOC(CC(=O)O)C1. The molecule has 1 aromatic carbocycles. The van der Waals surface area contributed by atoms with Crippen molar-refractivity contribution >= 4 is 17.6 Å². The highest BCUT2D eigenvalue weighted by atomic mass is 35.5. The van der Waals surface area contributed by atoms with Gasteiger partial charge in [-0.25, -0.2) is 0 Å². The van der Waals surface area contributed by atoms with E-state index in [-0.39, 0.29) is 12.5 Å². The minimum atomic E-state index is -0.804. The number of benzene rings is 1. The second-order valence-electron chi connectivity index (χ2n) is 5.27. The van der Waals surface area contributed by atoms with E-state index in [1.165, 1.54) is 5.56 Å². The van der Waals surface area contributed by atoms with Crippen molar-refractivity contribution in [2.75, 3.05) is 19.7 Å². The van der Waals surface area contributed by atoms with Gasteiger partial charge in [0.1, 0.15) is 0 Å².